The molecule has 7 heteroatoms. The predicted molar refractivity (Wildman–Crippen MR) is 107 cm³/mol. The Labute approximate surface area is 168 Å². The molecule has 0 N–H and O–H groups in total. The average molecular weight is 397 g/mol. The van der Waals surface area contributed by atoms with Crippen LogP contribution in [0, 0.1) is 0 Å². The molecule has 6 nitrogen and oxygen atoms in total. The highest BCUT2D eigenvalue weighted by atomic mass is 35.5. The number of nitrogens with zero attached hydrogens (tertiary/aromatic N) is 4. The van der Waals surface area contributed by atoms with Crippen LogP contribution in [0.3, 0.4) is 0 Å². The number of aromatic nitrogens is 3. The van der Waals surface area contributed by atoms with Crippen LogP contribution in [0.4, 0.5) is 0 Å². The second-order valence-corrected chi connectivity index (χ2v) is 7.26. The number of halogens is 1. The largest absolute Gasteiger partial charge is 0.497 e. The molecule has 28 heavy (non-hydrogen) atoms. The first-order chi connectivity index (χ1) is 13.7. The van der Waals surface area contributed by atoms with E-state index in [2.05, 4.69) is 16.4 Å². The number of rotatable bonds is 5. The third-order valence-electron chi connectivity index (χ3n) is 5.06. The van der Waals surface area contributed by atoms with Crippen LogP contribution < -0.4 is 4.74 Å². The molecule has 1 fully saturated rings. The number of carbonyl (C=O) groups excluding carboxylic acids is 1. The number of carbonyl (C=O) groups is 1. The van der Waals surface area contributed by atoms with Crippen molar-refractivity contribution in [1.29, 1.82) is 0 Å². The molecular formula is C21H21ClN4O2. The van der Waals surface area contributed by atoms with Gasteiger partial charge in [-0.2, -0.15) is 0 Å². The molecule has 1 saturated heterocycles. The Balaban J connectivity index is 1.52. The number of amides is 1. The molecule has 0 bridgehead atoms. The van der Waals surface area contributed by atoms with Crippen LogP contribution in [0.1, 0.15) is 28.9 Å². The number of para-hydroxylation sites is 1. The minimum Gasteiger partial charge on any atom is -0.497 e. The van der Waals surface area contributed by atoms with Crippen LogP contribution in [-0.4, -0.2) is 45.5 Å². The lowest BCUT2D eigenvalue weighted by molar-refractivity contribution is 0.0730. The first kappa shape index (κ1) is 18.5. The number of ether oxygens (including phenoxy) is 1. The van der Waals surface area contributed by atoms with Gasteiger partial charge in [-0.25, -0.2) is 4.68 Å². The van der Waals surface area contributed by atoms with E-state index in [0.29, 0.717) is 16.4 Å². The van der Waals surface area contributed by atoms with Crippen LogP contribution in [-0.2, 0) is 6.42 Å². The predicted octanol–water partition coefficient (Wildman–Crippen LogP) is 3.78. The molecule has 0 spiro atoms. The Bertz CT molecular complexity index is 988. The minimum atomic E-state index is -0.0938. The number of methoxy groups -OCH3 is 1. The molecule has 1 aliphatic rings. The number of likely N-dealkylation sites (tertiary alicyclic amines) is 1. The SMILES string of the molecule is COc1cccc(CC2CCCN2C(=O)c2cn(-c3ccccc3Cl)nn2)c1. The van der Waals surface area contributed by atoms with Gasteiger partial charge in [-0.1, -0.05) is 41.1 Å². The molecule has 4 rings (SSSR count). The number of hydrogen-bond donors (Lipinski definition) is 0. The van der Waals surface area contributed by atoms with Gasteiger partial charge < -0.3 is 9.64 Å². The lowest BCUT2D eigenvalue weighted by Crippen LogP contribution is -2.37. The molecule has 144 valence electrons. The molecule has 1 atom stereocenters. The molecular weight excluding hydrogens is 376 g/mol. The zero-order valence-electron chi connectivity index (χ0n) is 15.6. The fourth-order valence-electron chi connectivity index (χ4n) is 3.65. The van der Waals surface area contributed by atoms with Gasteiger partial charge in [-0.15, -0.1) is 5.10 Å². The second-order valence-electron chi connectivity index (χ2n) is 6.85. The van der Waals surface area contributed by atoms with Gasteiger partial charge in [-0.05, 0) is 49.1 Å². The summed E-state index contributed by atoms with van der Waals surface area (Å²) in [6, 6.07) is 15.5. The summed E-state index contributed by atoms with van der Waals surface area (Å²) in [6.07, 6.45) is 4.40. The standard InChI is InChI=1S/C21H21ClN4O2/c1-28-17-8-4-6-15(13-17)12-16-7-5-11-25(16)21(27)19-14-26(24-23-19)20-10-3-2-9-18(20)22/h2-4,6,8-10,13-14,16H,5,7,11-12H2,1H3. The second kappa shape index (κ2) is 8.02. The molecule has 2 heterocycles. The maximum absolute atomic E-state index is 13.1. The van der Waals surface area contributed by atoms with E-state index >= 15 is 0 Å². The van der Waals surface area contributed by atoms with Crippen molar-refractivity contribution < 1.29 is 9.53 Å². The Morgan fingerprint density at radius 3 is 2.93 bits per heavy atom. The molecule has 1 aromatic heterocycles. The quantitative estimate of drug-likeness (QED) is 0.658. The van der Waals surface area contributed by atoms with Gasteiger partial charge in [0.25, 0.3) is 5.91 Å². The number of hydrogen-bond acceptors (Lipinski definition) is 4. The zero-order valence-corrected chi connectivity index (χ0v) is 16.3. The zero-order chi connectivity index (χ0) is 19.5. The van der Waals surface area contributed by atoms with Gasteiger partial charge in [0.05, 0.1) is 24.0 Å². The van der Waals surface area contributed by atoms with Gasteiger partial charge in [0, 0.05) is 12.6 Å². The monoisotopic (exact) mass is 396 g/mol. The van der Waals surface area contributed by atoms with E-state index in [4.69, 9.17) is 16.3 Å². The van der Waals surface area contributed by atoms with Crippen LogP contribution in [0.2, 0.25) is 5.02 Å². The molecule has 0 aliphatic carbocycles. The van der Waals surface area contributed by atoms with Crippen molar-refractivity contribution in [3.8, 4) is 11.4 Å². The third-order valence-corrected chi connectivity index (χ3v) is 5.37. The molecule has 0 saturated carbocycles. The Morgan fingerprint density at radius 2 is 2.11 bits per heavy atom. The summed E-state index contributed by atoms with van der Waals surface area (Å²) in [6.45, 7) is 0.729. The van der Waals surface area contributed by atoms with Crippen LogP contribution in [0.25, 0.3) is 5.69 Å². The summed E-state index contributed by atoms with van der Waals surface area (Å²) in [4.78, 5) is 15.0. The lowest BCUT2D eigenvalue weighted by atomic mass is 10.0. The van der Waals surface area contributed by atoms with Crippen LogP contribution in [0.5, 0.6) is 5.75 Å². The van der Waals surface area contributed by atoms with Crippen LogP contribution in [0.15, 0.2) is 54.7 Å². The Hall–Kier alpha value is -2.86. The van der Waals surface area contributed by atoms with Crippen molar-refractivity contribution in [2.24, 2.45) is 0 Å². The highest BCUT2D eigenvalue weighted by Crippen LogP contribution is 2.25. The van der Waals surface area contributed by atoms with Gasteiger partial charge in [0.1, 0.15) is 5.75 Å². The summed E-state index contributed by atoms with van der Waals surface area (Å²) in [5.74, 6) is 0.736. The molecule has 3 aromatic rings. The highest BCUT2D eigenvalue weighted by Gasteiger charge is 2.31. The summed E-state index contributed by atoms with van der Waals surface area (Å²) in [5.41, 5.74) is 2.19. The molecule has 0 radical (unpaired) electrons. The van der Waals surface area contributed by atoms with E-state index in [1.165, 1.54) is 0 Å². The fourth-order valence-corrected chi connectivity index (χ4v) is 3.87. The van der Waals surface area contributed by atoms with E-state index in [1.54, 1.807) is 24.1 Å². The minimum absolute atomic E-state index is 0.0938. The van der Waals surface area contributed by atoms with E-state index in [1.807, 2.05) is 41.3 Å². The average Bonchev–Trinajstić information content (AvgIpc) is 3.38. The maximum atomic E-state index is 13.1. The molecule has 1 amide bonds. The van der Waals surface area contributed by atoms with Crippen molar-refractivity contribution in [3.05, 3.63) is 71.0 Å². The molecule has 2 aromatic carbocycles. The maximum Gasteiger partial charge on any atom is 0.276 e. The fraction of sp³-hybridized carbons (Fsp3) is 0.286. The summed E-state index contributed by atoms with van der Waals surface area (Å²) < 4.78 is 6.85. The molecule has 1 aliphatic heterocycles. The van der Waals surface area contributed by atoms with E-state index in [0.717, 1.165) is 37.1 Å². The highest BCUT2D eigenvalue weighted by molar-refractivity contribution is 6.32. The van der Waals surface area contributed by atoms with E-state index < -0.39 is 0 Å². The molecule has 1 unspecified atom stereocenters. The lowest BCUT2D eigenvalue weighted by Gasteiger charge is -2.24. The topological polar surface area (TPSA) is 60.2 Å². The van der Waals surface area contributed by atoms with E-state index in [-0.39, 0.29) is 11.9 Å². The normalized spacial score (nSPS) is 16.4. The van der Waals surface area contributed by atoms with Crippen molar-refractivity contribution >= 4 is 17.5 Å². The van der Waals surface area contributed by atoms with Gasteiger partial charge >= 0.3 is 0 Å². The Morgan fingerprint density at radius 1 is 1.25 bits per heavy atom. The third kappa shape index (κ3) is 3.73. The van der Waals surface area contributed by atoms with Gasteiger partial charge in [-0.3, -0.25) is 4.79 Å². The Kier molecular flexibility index (Phi) is 5.30. The first-order valence-electron chi connectivity index (χ1n) is 9.27. The van der Waals surface area contributed by atoms with Crippen molar-refractivity contribution in [3.63, 3.8) is 0 Å². The van der Waals surface area contributed by atoms with Crippen molar-refractivity contribution in [1.82, 2.24) is 19.9 Å². The first-order valence-corrected chi connectivity index (χ1v) is 9.64. The van der Waals surface area contributed by atoms with Crippen LogP contribution >= 0.6 is 11.6 Å². The van der Waals surface area contributed by atoms with Gasteiger partial charge in [0.15, 0.2) is 5.69 Å². The van der Waals surface area contributed by atoms with Crippen molar-refractivity contribution in [2.75, 3.05) is 13.7 Å². The van der Waals surface area contributed by atoms with Crippen molar-refractivity contribution in [2.45, 2.75) is 25.3 Å². The summed E-state index contributed by atoms with van der Waals surface area (Å²) in [7, 11) is 1.66. The van der Waals surface area contributed by atoms with Gasteiger partial charge in [0.2, 0.25) is 0 Å². The number of benzene rings is 2. The summed E-state index contributed by atoms with van der Waals surface area (Å²) in [5, 5.41) is 8.74. The summed E-state index contributed by atoms with van der Waals surface area (Å²) >= 11 is 6.22. The van der Waals surface area contributed by atoms with E-state index in [9.17, 15) is 4.79 Å². The smallest absolute Gasteiger partial charge is 0.276 e.